The second-order valence-electron chi connectivity index (χ2n) is 6.96. The van der Waals surface area contributed by atoms with Crippen molar-refractivity contribution < 1.29 is 4.79 Å². The van der Waals surface area contributed by atoms with Gasteiger partial charge in [-0.2, -0.15) is 0 Å². The highest BCUT2D eigenvalue weighted by Crippen LogP contribution is 2.35. The number of amides is 1. The fraction of sp³-hybridized carbons (Fsp3) is 0.250. The predicted octanol–water partition coefficient (Wildman–Crippen LogP) is 3.21. The van der Waals surface area contributed by atoms with Crippen LogP contribution in [0.3, 0.4) is 0 Å². The summed E-state index contributed by atoms with van der Waals surface area (Å²) in [5, 5.41) is 2.86. The molecule has 1 aliphatic heterocycles. The van der Waals surface area contributed by atoms with Crippen molar-refractivity contribution in [2.45, 2.75) is 25.8 Å². The van der Waals surface area contributed by atoms with Gasteiger partial charge >= 0.3 is 11.1 Å². The van der Waals surface area contributed by atoms with E-state index in [2.05, 4.69) is 26.2 Å². The summed E-state index contributed by atoms with van der Waals surface area (Å²) in [5.41, 5.74) is 1.71. The molecule has 138 valence electrons. The molecule has 0 radical (unpaired) electrons. The third-order valence-electron chi connectivity index (χ3n) is 5.04. The molecule has 0 saturated carbocycles. The predicted molar refractivity (Wildman–Crippen MR) is 108 cm³/mol. The Labute approximate surface area is 163 Å². The van der Waals surface area contributed by atoms with Gasteiger partial charge in [-0.3, -0.25) is 19.0 Å². The molecule has 2 heterocycles. The normalized spacial score (nSPS) is 18.4. The van der Waals surface area contributed by atoms with Crippen molar-refractivity contribution in [2.24, 2.45) is 5.92 Å². The van der Waals surface area contributed by atoms with Crippen molar-refractivity contribution >= 4 is 38.6 Å². The molecule has 27 heavy (non-hydrogen) atoms. The lowest BCUT2D eigenvalue weighted by atomic mass is 9.87. The first kappa shape index (κ1) is 17.7. The van der Waals surface area contributed by atoms with Gasteiger partial charge in [-0.05, 0) is 42.2 Å². The highest BCUT2D eigenvalue weighted by Gasteiger charge is 2.31. The SMILES string of the molecule is C[C@@H]1Cc2cc(Br)cc3[nH]c(=O)c(=O)n(c23)[C@H]1CC(=O)Nc1ccccc1. The molecule has 1 aliphatic rings. The minimum atomic E-state index is -0.672. The monoisotopic (exact) mass is 427 g/mol. The number of hydrogen-bond acceptors (Lipinski definition) is 3. The zero-order valence-corrected chi connectivity index (χ0v) is 16.2. The molecule has 7 heteroatoms. The first-order valence-electron chi connectivity index (χ1n) is 8.76. The van der Waals surface area contributed by atoms with Gasteiger partial charge in [-0.25, -0.2) is 0 Å². The Balaban J connectivity index is 1.77. The van der Waals surface area contributed by atoms with E-state index in [1.807, 2.05) is 43.3 Å². The molecular weight excluding hydrogens is 410 g/mol. The molecule has 0 unspecified atom stereocenters. The molecule has 1 amide bonds. The second kappa shape index (κ2) is 6.81. The van der Waals surface area contributed by atoms with Crippen LogP contribution in [0, 0.1) is 5.92 Å². The number of aromatic amines is 1. The summed E-state index contributed by atoms with van der Waals surface area (Å²) in [6.45, 7) is 2.00. The van der Waals surface area contributed by atoms with E-state index in [-0.39, 0.29) is 24.3 Å². The van der Waals surface area contributed by atoms with Crippen LogP contribution in [0.2, 0.25) is 0 Å². The van der Waals surface area contributed by atoms with Gasteiger partial charge in [0.1, 0.15) is 0 Å². The van der Waals surface area contributed by atoms with Crippen molar-refractivity contribution in [3.8, 4) is 0 Å². The zero-order chi connectivity index (χ0) is 19.1. The minimum Gasteiger partial charge on any atom is -0.326 e. The number of nitrogens with one attached hydrogen (secondary N) is 2. The van der Waals surface area contributed by atoms with Gasteiger partial charge in [0.05, 0.1) is 11.0 Å². The zero-order valence-electron chi connectivity index (χ0n) is 14.7. The van der Waals surface area contributed by atoms with Crippen molar-refractivity contribution in [1.82, 2.24) is 9.55 Å². The van der Waals surface area contributed by atoms with Crippen molar-refractivity contribution in [1.29, 1.82) is 0 Å². The number of carbonyl (C=O) groups is 1. The summed E-state index contributed by atoms with van der Waals surface area (Å²) in [5.74, 6) is -0.144. The van der Waals surface area contributed by atoms with Crippen LogP contribution in [0.5, 0.6) is 0 Å². The molecule has 1 aromatic heterocycles. The van der Waals surface area contributed by atoms with Crippen LogP contribution < -0.4 is 16.4 Å². The molecule has 2 atom stereocenters. The standard InChI is InChI=1S/C20H18BrN3O3/c1-11-7-12-8-13(21)9-15-18(12)24(20(27)19(26)23-15)16(11)10-17(25)22-14-5-3-2-4-6-14/h2-6,8-9,11,16H,7,10H2,1H3,(H,22,25)(H,23,26)/t11-,16+/m1/s1. The summed E-state index contributed by atoms with van der Waals surface area (Å²) in [7, 11) is 0. The molecule has 2 aromatic carbocycles. The Kier molecular flexibility index (Phi) is 4.47. The summed E-state index contributed by atoms with van der Waals surface area (Å²) in [4.78, 5) is 40.1. The summed E-state index contributed by atoms with van der Waals surface area (Å²) in [6, 6.07) is 12.6. The van der Waals surface area contributed by atoms with Crippen LogP contribution in [-0.4, -0.2) is 15.5 Å². The highest BCUT2D eigenvalue weighted by atomic mass is 79.9. The van der Waals surface area contributed by atoms with E-state index >= 15 is 0 Å². The number of benzene rings is 2. The molecular formula is C20H18BrN3O3. The number of H-pyrrole nitrogens is 1. The van der Waals surface area contributed by atoms with Gasteiger partial charge in [0.2, 0.25) is 5.91 Å². The fourth-order valence-corrected chi connectivity index (χ4v) is 4.35. The first-order chi connectivity index (χ1) is 12.9. The average molecular weight is 428 g/mol. The summed E-state index contributed by atoms with van der Waals surface area (Å²) < 4.78 is 2.35. The number of anilines is 1. The number of rotatable bonds is 3. The number of aromatic nitrogens is 2. The smallest absolute Gasteiger partial charge is 0.317 e. The van der Waals surface area contributed by atoms with E-state index in [0.717, 1.165) is 16.5 Å². The minimum absolute atomic E-state index is 0.0380. The Morgan fingerprint density at radius 2 is 2.00 bits per heavy atom. The van der Waals surface area contributed by atoms with Gasteiger partial charge in [-0.1, -0.05) is 41.1 Å². The number of carbonyl (C=O) groups excluding carboxylic acids is 1. The van der Waals surface area contributed by atoms with Crippen LogP contribution in [0.4, 0.5) is 5.69 Å². The fourth-order valence-electron chi connectivity index (χ4n) is 3.85. The molecule has 0 fully saturated rings. The van der Waals surface area contributed by atoms with Crippen molar-refractivity contribution in [2.75, 3.05) is 5.32 Å². The van der Waals surface area contributed by atoms with Gasteiger partial charge in [0.25, 0.3) is 0 Å². The molecule has 6 nitrogen and oxygen atoms in total. The summed E-state index contributed by atoms with van der Waals surface area (Å²) >= 11 is 3.45. The Morgan fingerprint density at radius 3 is 2.74 bits per heavy atom. The molecule has 3 aromatic rings. The maximum atomic E-state index is 12.7. The van der Waals surface area contributed by atoms with Crippen LogP contribution >= 0.6 is 15.9 Å². The van der Waals surface area contributed by atoms with Crippen molar-refractivity contribution in [3.05, 3.63) is 73.2 Å². The molecule has 0 bridgehead atoms. The third kappa shape index (κ3) is 3.23. The molecule has 4 rings (SSSR count). The quantitative estimate of drug-likeness (QED) is 0.629. The lowest BCUT2D eigenvalue weighted by Crippen LogP contribution is -2.43. The van der Waals surface area contributed by atoms with Crippen LogP contribution in [0.1, 0.15) is 24.9 Å². The van der Waals surface area contributed by atoms with Crippen LogP contribution in [-0.2, 0) is 11.2 Å². The van der Waals surface area contributed by atoms with E-state index in [1.54, 1.807) is 6.07 Å². The first-order valence-corrected chi connectivity index (χ1v) is 9.55. The molecule has 0 spiro atoms. The number of para-hydroxylation sites is 1. The Bertz CT molecular complexity index is 1150. The average Bonchev–Trinajstić information content (AvgIpc) is 2.62. The topological polar surface area (TPSA) is 84.0 Å². The Morgan fingerprint density at radius 1 is 1.26 bits per heavy atom. The Hall–Kier alpha value is -2.67. The molecule has 0 aliphatic carbocycles. The summed E-state index contributed by atoms with van der Waals surface area (Å²) in [6.07, 6.45) is 0.856. The van der Waals surface area contributed by atoms with E-state index in [9.17, 15) is 14.4 Å². The van der Waals surface area contributed by atoms with E-state index in [1.165, 1.54) is 4.57 Å². The van der Waals surface area contributed by atoms with Gasteiger partial charge < -0.3 is 10.3 Å². The lowest BCUT2D eigenvalue weighted by Gasteiger charge is -2.32. The second-order valence-corrected chi connectivity index (χ2v) is 7.87. The number of nitrogens with zero attached hydrogens (tertiary/aromatic N) is 1. The van der Waals surface area contributed by atoms with E-state index < -0.39 is 11.1 Å². The maximum absolute atomic E-state index is 12.7. The number of halogens is 1. The van der Waals surface area contributed by atoms with Gasteiger partial charge in [0, 0.05) is 22.6 Å². The van der Waals surface area contributed by atoms with Crippen LogP contribution in [0.15, 0.2) is 56.5 Å². The molecule has 0 saturated heterocycles. The van der Waals surface area contributed by atoms with Gasteiger partial charge in [0.15, 0.2) is 0 Å². The number of hydrogen-bond donors (Lipinski definition) is 2. The lowest BCUT2D eigenvalue weighted by molar-refractivity contribution is -0.117. The third-order valence-corrected chi connectivity index (χ3v) is 5.50. The van der Waals surface area contributed by atoms with Gasteiger partial charge in [-0.15, -0.1) is 0 Å². The molecule has 2 N–H and O–H groups in total. The maximum Gasteiger partial charge on any atom is 0.317 e. The van der Waals surface area contributed by atoms with Crippen molar-refractivity contribution in [3.63, 3.8) is 0 Å². The highest BCUT2D eigenvalue weighted by molar-refractivity contribution is 9.10. The van der Waals surface area contributed by atoms with E-state index in [4.69, 9.17) is 0 Å². The largest absolute Gasteiger partial charge is 0.326 e. The van der Waals surface area contributed by atoms with E-state index in [0.29, 0.717) is 16.7 Å². The van der Waals surface area contributed by atoms with Crippen LogP contribution in [0.25, 0.3) is 11.0 Å².